The van der Waals surface area contributed by atoms with Gasteiger partial charge >= 0.3 is 0 Å². The van der Waals surface area contributed by atoms with Crippen LogP contribution in [-0.4, -0.2) is 53.4 Å². The van der Waals surface area contributed by atoms with E-state index in [2.05, 4.69) is 39.5 Å². The maximum Gasteiger partial charge on any atom is 0.273 e. The second-order valence-corrected chi connectivity index (χ2v) is 7.66. The highest BCUT2D eigenvalue weighted by Crippen LogP contribution is 2.26. The van der Waals surface area contributed by atoms with Crippen molar-refractivity contribution in [3.63, 3.8) is 0 Å². The number of anilines is 1. The average molecular weight is 356 g/mol. The first-order chi connectivity index (χ1) is 12.2. The third-order valence-corrected chi connectivity index (χ3v) is 6.23. The lowest BCUT2D eigenvalue weighted by Crippen LogP contribution is -2.48. The molecule has 2 aliphatic heterocycles. The molecule has 1 aromatic heterocycles. The van der Waals surface area contributed by atoms with E-state index in [-0.39, 0.29) is 5.91 Å². The molecule has 4 rings (SSSR count). The first-order valence-electron chi connectivity index (χ1n) is 8.98. The summed E-state index contributed by atoms with van der Waals surface area (Å²) in [7, 11) is 1.83. The number of piperidine rings is 1. The zero-order valence-corrected chi connectivity index (χ0v) is 15.4. The Morgan fingerprint density at radius 3 is 2.68 bits per heavy atom. The topological polar surface area (TPSA) is 48.5 Å². The molecule has 132 valence electrons. The number of benzene rings is 1. The summed E-state index contributed by atoms with van der Waals surface area (Å²) in [5.41, 5.74) is 3.53. The van der Waals surface area contributed by atoms with Gasteiger partial charge in [-0.15, -0.1) is 11.3 Å². The van der Waals surface area contributed by atoms with Crippen LogP contribution < -0.4 is 5.32 Å². The van der Waals surface area contributed by atoms with Crippen LogP contribution in [0, 0.1) is 0 Å². The van der Waals surface area contributed by atoms with Crippen molar-refractivity contribution in [2.45, 2.75) is 31.8 Å². The molecule has 0 unspecified atom stereocenters. The number of rotatable bonds is 3. The van der Waals surface area contributed by atoms with Gasteiger partial charge in [0, 0.05) is 44.6 Å². The van der Waals surface area contributed by atoms with Gasteiger partial charge < -0.3 is 10.2 Å². The van der Waals surface area contributed by atoms with E-state index in [0.717, 1.165) is 50.6 Å². The van der Waals surface area contributed by atoms with Crippen LogP contribution in [0.15, 0.2) is 29.6 Å². The first kappa shape index (κ1) is 16.5. The van der Waals surface area contributed by atoms with Crippen LogP contribution >= 0.6 is 11.3 Å². The molecule has 1 amide bonds. The number of nitrogens with zero attached hydrogens (tertiary/aromatic N) is 3. The number of fused-ring (bicyclic) bond motifs is 1. The van der Waals surface area contributed by atoms with Crippen LogP contribution in [0.25, 0.3) is 0 Å². The quantitative estimate of drug-likeness (QED) is 0.919. The molecular formula is C19H24N4OS. The predicted octanol–water partition coefficient (Wildman–Crippen LogP) is 2.85. The van der Waals surface area contributed by atoms with Crippen molar-refractivity contribution in [1.82, 2.24) is 14.8 Å². The molecule has 0 spiro atoms. The molecule has 0 aliphatic carbocycles. The molecular weight excluding hydrogens is 332 g/mol. The Balaban J connectivity index is 1.35. The maximum absolute atomic E-state index is 12.6. The summed E-state index contributed by atoms with van der Waals surface area (Å²) >= 11 is 1.48. The van der Waals surface area contributed by atoms with Crippen molar-refractivity contribution in [3.8, 4) is 0 Å². The van der Waals surface area contributed by atoms with Crippen molar-refractivity contribution in [2.24, 2.45) is 0 Å². The number of hydrogen-bond acceptors (Lipinski definition) is 5. The largest absolute Gasteiger partial charge is 0.365 e. The molecule has 1 saturated heterocycles. The van der Waals surface area contributed by atoms with Gasteiger partial charge in [-0.3, -0.25) is 9.69 Å². The Kier molecular flexibility index (Phi) is 4.72. The molecule has 0 bridgehead atoms. The number of nitrogens with one attached hydrogen (secondary N) is 1. The molecule has 0 radical (unpaired) electrons. The van der Waals surface area contributed by atoms with Gasteiger partial charge in [-0.25, -0.2) is 4.98 Å². The molecule has 25 heavy (non-hydrogen) atoms. The fourth-order valence-corrected chi connectivity index (χ4v) is 4.56. The van der Waals surface area contributed by atoms with E-state index in [4.69, 9.17) is 0 Å². The van der Waals surface area contributed by atoms with E-state index in [0.29, 0.717) is 11.7 Å². The Labute approximate surface area is 152 Å². The molecule has 1 aromatic carbocycles. The van der Waals surface area contributed by atoms with E-state index in [1.807, 2.05) is 17.3 Å². The molecule has 0 atom stereocenters. The summed E-state index contributed by atoms with van der Waals surface area (Å²) in [6.07, 6.45) is 3.24. The fourth-order valence-electron chi connectivity index (χ4n) is 3.91. The van der Waals surface area contributed by atoms with Crippen molar-refractivity contribution in [3.05, 3.63) is 46.5 Å². The zero-order valence-electron chi connectivity index (χ0n) is 14.6. The SMILES string of the molecule is CNc1nc(C(=O)N2CCC(N3CCc4ccccc4C3)CC2)cs1. The van der Waals surface area contributed by atoms with Crippen molar-refractivity contribution in [2.75, 3.05) is 32.0 Å². The number of hydrogen-bond donors (Lipinski definition) is 1. The Bertz CT molecular complexity index is 751. The van der Waals surface area contributed by atoms with Crippen LogP contribution in [0.5, 0.6) is 0 Å². The number of carbonyl (C=O) groups is 1. The summed E-state index contributed by atoms with van der Waals surface area (Å²) in [6, 6.07) is 9.36. The minimum Gasteiger partial charge on any atom is -0.365 e. The lowest BCUT2D eigenvalue weighted by atomic mass is 9.95. The van der Waals surface area contributed by atoms with Crippen LogP contribution in [0.2, 0.25) is 0 Å². The Morgan fingerprint density at radius 2 is 1.96 bits per heavy atom. The summed E-state index contributed by atoms with van der Waals surface area (Å²) < 4.78 is 0. The van der Waals surface area contributed by atoms with Crippen molar-refractivity contribution < 1.29 is 4.79 Å². The Hall–Kier alpha value is -1.92. The van der Waals surface area contributed by atoms with Crippen molar-refractivity contribution >= 4 is 22.4 Å². The first-order valence-corrected chi connectivity index (χ1v) is 9.86. The number of carbonyl (C=O) groups excluding carboxylic acids is 1. The van der Waals surface area contributed by atoms with Gasteiger partial charge in [0.05, 0.1) is 0 Å². The molecule has 3 heterocycles. The van der Waals surface area contributed by atoms with Gasteiger partial charge in [-0.05, 0) is 30.4 Å². The van der Waals surface area contributed by atoms with E-state index in [9.17, 15) is 4.79 Å². The number of aromatic nitrogens is 1. The number of amides is 1. The van der Waals surface area contributed by atoms with Gasteiger partial charge in [-0.2, -0.15) is 0 Å². The summed E-state index contributed by atoms with van der Waals surface area (Å²) in [5.74, 6) is 0.0696. The molecule has 2 aliphatic rings. The number of likely N-dealkylation sites (tertiary alicyclic amines) is 1. The lowest BCUT2D eigenvalue weighted by molar-refractivity contribution is 0.0595. The highest BCUT2D eigenvalue weighted by atomic mass is 32.1. The van der Waals surface area contributed by atoms with E-state index in [1.54, 1.807) is 0 Å². The Morgan fingerprint density at radius 1 is 1.20 bits per heavy atom. The second kappa shape index (κ2) is 7.14. The fraction of sp³-hybridized carbons (Fsp3) is 0.474. The highest BCUT2D eigenvalue weighted by molar-refractivity contribution is 7.13. The van der Waals surface area contributed by atoms with Gasteiger partial charge in [0.15, 0.2) is 5.13 Å². The lowest BCUT2D eigenvalue weighted by Gasteiger charge is -2.40. The predicted molar refractivity (Wildman–Crippen MR) is 101 cm³/mol. The molecule has 1 N–H and O–H groups in total. The minimum absolute atomic E-state index is 0.0696. The molecule has 0 saturated carbocycles. The third kappa shape index (κ3) is 3.41. The van der Waals surface area contributed by atoms with Gasteiger partial charge in [0.25, 0.3) is 5.91 Å². The van der Waals surface area contributed by atoms with Gasteiger partial charge in [-0.1, -0.05) is 24.3 Å². The molecule has 5 nitrogen and oxygen atoms in total. The molecule has 2 aromatic rings. The average Bonchev–Trinajstić information content (AvgIpc) is 3.16. The highest BCUT2D eigenvalue weighted by Gasteiger charge is 2.29. The van der Waals surface area contributed by atoms with Crippen LogP contribution in [0.3, 0.4) is 0 Å². The smallest absolute Gasteiger partial charge is 0.273 e. The van der Waals surface area contributed by atoms with Crippen LogP contribution in [0.1, 0.15) is 34.5 Å². The monoisotopic (exact) mass is 356 g/mol. The minimum atomic E-state index is 0.0696. The molecule has 6 heteroatoms. The van der Waals surface area contributed by atoms with Crippen LogP contribution in [0.4, 0.5) is 5.13 Å². The van der Waals surface area contributed by atoms with Crippen LogP contribution in [-0.2, 0) is 13.0 Å². The van der Waals surface area contributed by atoms with Crippen molar-refractivity contribution in [1.29, 1.82) is 0 Å². The molecule has 1 fully saturated rings. The summed E-state index contributed by atoms with van der Waals surface area (Å²) in [5, 5.41) is 5.64. The summed E-state index contributed by atoms with van der Waals surface area (Å²) in [6.45, 7) is 3.84. The van der Waals surface area contributed by atoms with E-state index in [1.165, 1.54) is 22.5 Å². The van der Waals surface area contributed by atoms with E-state index >= 15 is 0 Å². The maximum atomic E-state index is 12.6. The normalized spacial score (nSPS) is 18.8. The van der Waals surface area contributed by atoms with E-state index < -0.39 is 0 Å². The second-order valence-electron chi connectivity index (χ2n) is 6.80. The number of thiazole rings is 1. The zero-order chi connectivity index (χ0) is 17.2. The van der Waals surface area contributed by atoms with Gasteiger partial charge in [0.2, 0.25) is 0 Å². The standard InChI is InChI=1S/C19H24N4OS/c1-20-19-21-17(13-25-19)18(24)22-10-7-16(8-11-22)23-9-6-14-4-2-3-5-15(14)12-23/h2-5,13,16H,6-12H2,1H3,(H,20,21). The van der Waals surface area contributed by atoms with Gasteiger partial charge in [0.1, 0.15) is 5.69 Å². The third-order valence-electron chi connectivity index (χ3n) is 5.37. The summed E-state index contributed by atoms with van der Waals surface area (Å²) in [4.78, 5) is 21.5.